The highest BCUT2D eigenvalue weighted by Gasteiger charge is 2.41. The summed E-state index contributed by atoms with van der Waals surface area (Å²) < 4.78 is 37.8. The third-order valence-corrected chi connectivity index (χ3v) is 7.70. The smallest absolute Gasteiger partial charge is 0.260 e. The van der Waals surface area contributed by atoms with Gasteiger partial charge in [-0.3, -0.25) is 4.79 Å². The monoisotopic (exact) mass is 394 g/mol. The third kappa shape index (κ3) is 3.78. The molecule has 8 heteroatoms. The topological polar surface area (TPSA) is 76.2 Å². The van der Waals surface area contributed by atoms with Gasteiger partial charge in [0, 0.05) is 38.2 Å². The summed E-state index contributed by atoms with van der Waals surface area (Å²) in [7, 11) is -3.16. The molecule has 0 atom stereocenters. The van der Waals surface area contributed by atoms with Crippen molar-refractivity contribution < 1.29 is 22.7 Å². The van der Waals surface area contributed by atoms with Crippen LogP contribution in [0.2, 0.25) is 0 Å². The SMILES string of the molecule is CC1(C)Cc2cccc(OCC(=O)N3CCN(S(=O)(=O)C4CC4)CC3)c2O1. The summed E-state index contributed by atoms with van der Waals surface area (Å²) >= 11 is 0. The highest BCUT2D eigenvalue weighted by Crippen LogP contribution is 2.41. The second-order valence-corrected chi connectivity index (χ2v) is 10.3. The zero-order valence-electron chi connectivity index (χ0n) is 15.8. The second-order valence-electron chi connectivity index (χ2n) is 8.10. The van der Waals surface area contributed by atoms with Gasteiger partial charge in [-0.25, -0.2) is 8.42 Å². The lowest BCUT2D eigenvalue weighted by molar-refractivity contribution is -0.134. The summed E-state index contributed by atoms with van der Waals surface area (Å²) in [5.41, 5.74) is 0.818. The number of carbonyl (C=O) groups is 1. The fraction of sp³-hybridized carbons (Fsp3) is 0.632. The van der Waals surface area contributed by atoms with Crippen molar-refractivity contribution >= 4 is 15.9 Å². The maximum absolute atomic E-state index is 12.5. The normalized spacial score (nSPS) is 22.2. The van der Waals surface area contributed by atoms with Crippen molar-refractivity contribution in [2.45, 2.75) is 44.0 Å². The van der Waals surface area contributed by atoms with Gasteiger partial charge >= 0.3 is 0 Å². The number of carbonyl (C=O) groups excluding carboxylic acids is 1. The van der Waals surface area contributed by atoms with Crippen molar-refractivity contribution in [3.8, 4) is 11.5 Å². The molecule has 2 heterocycles. The zero-order valence-corrected chi connectivity index (χ0v) is 16.6. The van der Waals surface area contributed by atoms with Crippen LogP contribution in [0.15, 0.2) is 18.2 Å². The van der Waals surface area contributed by atoms with Crippen molar-refractivity contribution in [2.75, 3.05) is 32.8 Å². The van der Waals surface area contributed by atoms with E-state index in [2.05, 4.69) is 0 Å². The second kappa shape index (κ2) is 6.67. The number of para-hydroxylation sites is 1. The van der Waals surface area contributed by atoms with Crippen molar-refractivity contribution in [1.29, 1.82) is 0 Å². The highest BCUT2D eigenvalue weighted by atomic mass is 32.2. The van der Waals surface area contributed by atoms with Gasteiger partial charge in [0.2, 0.25) is 10.0 Å². The summed E-state index contributed by atoms with van der Waals surface area (Å²) in [6, 6.07) is 5.73. The van der Waals surface area contributed by atoms with E-state index in [0.29, 0.717) is 31.9 Å². The molecule has 1 saturated carbocycles. The maximum Gasteiger partial charge on any atom is 0.260 e. The molecule has 1 amide bonds. The molecule has 27 heavy (non-hydrogen) atoms. The van der Waals surface area contributed by atoms with Gasteiger partial charge in [-0.1, -0.05) is 12.1 Å². The number of rotatable bonds is 5. The molecule has 7 nitrogen and oxygen atoms in total. The van der Waals surface area contributed by atoms with Crippen LogP contribution in [0.3, 0.4) is 0 Å². The van der Waals surface area contributed by atoms with Crippen LogP contribution in [-0.2, 0) is 21.2 Å². The molecule has 1 aliphatic carbocycles. The van der Waals surface area contributed by atoms with Gasteiger partial charge in [-0.15, -0.1) is 0 Å². The van der Waals surface area contributed by atoms with E-state index in [1.54, 1.807) is 4.90 Å². The molecular weight excluding hydrogens is 368 g/mol. The first-order valence-electron chi connectivity index (χ1n) is 9.47. The Morgan fingerprint density at radius 3 is 2.59 bits per heavy atom. The van der Waals surface area contributed by atoms with Gasteiger partial charge in [0.15, 0.2) is 18.1 Å². The zero-order chi connectivity index (χ0) is 19.2. The first kappa shape index (κ1) is 18.6. The molecule has 148 valence electrons. The van der Waals surface area contributed by atoms with Crippen LogP contribution in [0.5, 0.6) is 11.5 Å². The Kier molecular flexibility index (Phi) is 4.58. The van der Waals surface area contributed by atoms with Crippen molar-refractivity contribution in [3.05, 3.63) is 23.8 Å². The summed E-state index contributed by atoms with van der Waals surface area (Å²) in [4.78, 5) is 14.2. The van der Waals surface area contributed by atoms with Crippen molar-refractivity contribution in [1.82, 2.24) is 9.21 Å². The Morgan fingerprint density at radius 1 is 1.22 bits per heavy atom. The van der Waals surface area contributed by atoms with Gasteiger partial charge in [-0.05, 0) is 32.8 Å². The minimum Gasteiger partial charge on any atom is -0.483 e. The molecule has 3 aliphatic rings. The van der Waals surface area contributed by atoms with Crippen molar-refractivity contribution in [3.63, 3.8) is 0 Å². The van der Waals surface area contributed by atoms with Gasteiger partial charge in [0.25, 0.3) is 5.91 Å². The molecule has 0 aromatic heterocycles. The van der Waals surface area contributed by atoms with E-state index in [1.807, 2.05) is 32.0 Å². The molecular formula is C19H26N2O5S. The van der Waals surface area contributed by atoms with Crippen LogP contribution in [-0.4, -0.2) is 67.2 Å². The lowest BCUT2D eigenvalue weighted by atomic mass is 10.0. The Morgan fingerprint density at radius 2 is 1.93 bits per heavy atom. The number of ether oxygens (including phenoxy) is 2. The quantitative estimate of drug-likeness (QED) is 0.755. The number of benzene rings is 1. The summed E-state index contributed by atoms with van der Waals surface area (Å²) in [5.74, 6) is 1.17. The van der Waals surface area contributed by atoms with Gasteiger partial charge in [-0.2, -0.15) is 4.31 Å². The maximum atomic E-state index is 12.5. The van der Waals surface area contributed by atoms with Crippen LogP contribution in [0.25, 0.3) is 0 Å². The molecule has 0 bridgehead atoms. The van der Waals surface area contributed by atoms with E-state index in [1.165, 1.54) is 4.31 Å². The van der Waals surface area contributed by atoms with E-state index in [0.717, 1.165) is 30.6 Å². The van der Waals surface area contributed by atoms with Crippen LogP contribution in [0, 0.1) is 0 Å². The predicted molar refractivity (Wildman–Crippen MR) is 100 cm³/mol. The number of fused-ring (bicyclic) bond motifs is 1. The fourth-order valence-corrected chi connectivity index (χ4v) is 5.53. The van der Waals surface area contributed by atoms with Gasteiger partial charge in [0.1, 0.15) is 5.60 Å². The highest BCUT2D eigenvalue weighted by molar-refractivity contribution is 7.90. The van der Waals surface area contributed by atoms with Gasteiger partial charge < -0.3 is 14.4 Å². The largest absolute Gasteiger partial charge is 0.483 e. The van der Waals surface area contributed by atoms with E-state index in [4.69, 9.17) is 9.47 Å². The molecule has 0 N–H and O–H groups in total. The molecule has 1 aromatic rings. The number of nitrogens with zero attached hydrogens (tertiary/aromatic N) is 2. The number of amides is 1. The van der Waals surface area contributed by atoms with E-state index < -0.39 is 10.0 Å². The molecule has 2 aliphatic heterocycles. The number of hydrogen-bond acceptors (Lipinski definition) is 5. The van der Waals surface area contributed by atoms with Gasteiger partial charge in [0.05, 0.1) is 5.25 Å². The van der Waals surface area contributed by atoms with Crippen LogP contribution in [0.1, 0.15) is 32.3 Å². The lowest BCUT2D eigenvalue weighted by Gasteiger charge is -2.34. The summed E-state index contributed by atoms with van der Waals surface area (Å²) in [6.45, 7) is 5.52. The Hall–Kier alpha value is -1.80. The Labute approximate surface area is 160 Å². The molecule has 1 aromatic carbocycles. The average Bonchev–Trinajstić information content (AvgIpc) is 3.43. The molecule has 2 fully saturated rings. The van der Waals surface area contributed by atoms with E-state index >= 15 is 0 Å². The third-order valence-electron chi connectivity index (χ3n) is 5.30. The van der Waals surface area contributed by atoms with E-state index in [9.17, 15) is 13.2 Å². The molecule has 0 radical (unpaired) electrons. The van der Waals surface area contributed by atoms with Crippen molar-refractivity contribution in [2.24, 2.45) is 0 Å². The lowest BCUT2D eigenvalue weighted by Crippen LogP contribution is -2.52. The average molecular weight is 394 g/mol. The summed E-state index contributed by atoms with van der Waals surface area (Å²) in [5, 5.41) is -0.201. The van der Waals surface area contributed by atoms with Crippen LogP contribution in [0.4, 0.5) is 0 Å². The standard InChI is InChI=1S/C19H26N2O5S/c1-19(2)12-14-4-3-5-16(18(14)26-19)25-13-17(22)20-8-10-21(11-9-20)27(23,24)15-6-7-15/h3-5,15H,6-13H2,1-2H3. The minimum atomic E-state index is -3.16. The minimum absolute atomic E-state index is 0.0738. The summed E-state index contributed by atoms with van der Waals surface area (Å²) in [6.07, 6.45) is 2.33. The first-order chi connectivity index (χ1) is 12.8. The fourth-order valence-electron chi connectivity index (χ4n) is 3.70. The number of sulfonamides is 1. The Balaban J connectivity index is 1.32. The van der Waals surface area contributed by atoms with E-state index in [-0.39, 0.29) is 23.4 Å². The molecule has 1 saturated heterocycles. The molecule has 0 spiro atoms. The van der Waals surface area contributed by atoms with Crippen LogP contribution >= 0.6 is 0 Å². The first-order valence-corrected chi connectivity index (χ1v) is 11.0. The molecule has 4 rings (SSSR count). The Bertz CT molecular complexity index is 840. The molecule has 0 unspecified atom stereocenters. The van der Waals surface area contributed by atoms with Crippen LogP contribution < -0.4 is 9.47 Å². The number of piperazine rings is 1. The predicted octanol–water partition coefficient (Wildman–Crippen LogP) is 1.42. The number of hydrogen-bond donors (Lipinski definition) is 0.